The molecule has 0 spiro atoms. The van der Waals surface area contributed by atoms with E-state index in [1.807, 2.05) is 0 Å². The Hall–Kier alpha value is -2.13. The predicted molar refractivity (Wildman–Crippen MR) is 82.3 cm³/mol. The molecule has 3 nitrogen and oxygen atoms in total. The van der Waals surface area contributed by atoms with Gasteiger partial charge < -0.3 is 4.74 Å². The molecule has 0 fully saturated rings. The van der Waals surface area contributed by atoms with Crippen molar-refractivity contribution in [1.82, 2.24) is 0 Å². The van der Waals surface area contributed by atoms with Gasteiger partial charge in [-0.05, 0) is 48.5 Å². The number of benzene rings is 2. The summed E-state index contributed by atoms with van der Waals surface area (Å²) in [6.07, 6.45) is 0.375. The molecule has 0 aliphatic heterocycles. The van der Waals surface area contributed by atoms with Crippen LogP contribution in [-0.2, 0) is 0 Å². The maximum absolute atomic E-state index is 12.0. The minimum Gasteiger partial charge on any atom is -0.497 e. The van der Waals surface area contributed by atoms with E-state index < -0.39 is 0 Å². The van der Waals surface area contributed by atoms with Gasteiger partial charge in [-0.15, -0.1) is 0 Å². The molecule has 0 amide bonds. The van der Waals surface area contributed by atoms with Crippen LogP contribution in [0.15, 0.2) is 48.5 Å². The van der Waals surface area contributed by atoms with E-state index in [2.05, 4.69) is 0 Å². The molecule has 4 heteroatoms. The van der Waals surface area contributed by atoms with Gasteiger partial charge in [-0.25, -0.2) is 0 Å². The number of methoxy groups -OCH3 is 1. The highest BCUT2D eigenvalue weighted by molar-refractivity contribution is 6.30. The van der Waals surface area contributed by atoms with Gasteiger partial charge in [0.25, 0.3) is 0 Å². The Bertz CT molecular complexity index is 630. The van der Waals surface area contributed by atoms with E-state index in [4.69, 9.17) is 16.3 Å². The summed E-state index contributed by atoms with van der Waals surface area (Å²) in [4.78, 5) is 24.0. The number of carbonyl (C=O) groups is 2. The lowest BCUT2D eigenvalue weighted by Crippen LogP contribution is -2.05. The maximum atomic E-state index is 12.0. The molecule has 0 radical (unpaired) electrons. The van der Waals surface area contributed by atoms with Crippen LogP contribution in [0.4, 0.5) is 0 Å². The van der Waals surface area contributed by atoms with E-state index in [9.17, 15) is 9.59 Å². The zero-order chi connectivity index (χ0) is 15.2. The van der Waals surface area contributed by atoms with Crippen LogP contribution >= 0.6 is 11.6 Å². The molecule has 2 aromatic rings. The molecule has 0 bridgehead atoms. The summed E-state index contributed by atoms with van der Waals surface area (Å²) in [6, 6.07) is 13.5. The third kappa shape index (κ3) is 4.17. The number of rotatable bonds is 6. The SMILES string of the molecule is COc1ccc(C(=O)CCC(=O)c2ccc(Cl)cc2)cc1. The largest absolute Gasteiger partial charge is 0.497 e. The summed E-state index contributed by atoms with van der Waals surface area (Å²) >= 11 is 5.77. The highest BCUT2D eigenvalue weighted by Crippen LogP contribution is 2.15. The average molecular weight is 303 g/mol. The van der Waals surface area contributed by atoms with Crippen LogP contribution in [0.3, 0.4) is 0 Å². The monoisotopic (exact) mass is 302 g/mol. The highest BCUT2D eigenvalue weighted by atomic mass is 35.5. The van der Waals surface area contributed by atoms with Crippen molar-refractivity contribution in [2.24, 2.45) is 0 Å². The lowest BCUT2D eigenvalue weighted by Gasteiger charge is -2.03. The van der Waals surface area contributed by atoms with Crippen LogP contribution < -0.4 is 4.74 Å². The minimum absolute atomic E-state index is 0.0556. The molecule has 0 atom stereocenters. The first-order chi connectivity index (χ1) is 10.1. The van der Waals surface area contributed by atoms with Crippen molar-refractivity contribution < 1.29 is 14.3 Å². The zero-order valence-corrected chi connectivity index (χ0v) is 12.4. The van der Waals surface area contributed by atoms with E-state index in [-0.39, 0.29) is 24.4 Å². The number of ether oxygens (including phenoxy) is 1. The second-order valence-corrected chi connectivity index (χ2v) is 5.02. The van der Waals surface area contributed by atoms with E-state index in [1.165, 1.54) is 0 Å². The Balaban J connectivity index is 1.93. The lowest BCUT2D eigenvalue weighted by atomic mass is 10.0. The summed E-state index contributed by atoms with van der Waals surface area (Å²) in [5, 5.41) is 0.584. The van der Waals surface area contributed by atoms with Gasteiger partial charge in [0.15, 0.2) is 11.6 Å². The molecular weight excluding hydrogens is 288 g/mol. The third-order valence-corrected chi connectivity index (χ3v) is 3.41. The first-order valence-electron chi connectivity index (χ1n) is 6.56. The summed E-state index contributed by atoms with van der Waals surface area (Å²) in [5.41, 5.74) is 1.15. The van der Waals surface area contributed by atoms with Crippen molar-refractivity contribution in [3.63, 3.8) is 0 Å². The minimum atomic E-state index is -0.0615. The fourth-order valence-electron chi connectivity index (χ4n) is 1.93. The van der Waals surface area contributed by atoms with E-state index in [1.54, 1.807) is 55.6 Å². The Labute approximate surface area is 128 Å². The molecule has 2 aromatic carbocycles. The second-order valence-electron chi connectivity index (χ2n) is 4.58. The molecule has 108 valence electrons. The molecule has 0 aliphatic rings. The number of hydrogen-bond donors (Lipinski definition) is 0. The Morgan fingerprint density at radius 2 is 1.29 bits per heavy atom. The zero-order valence-electron chi connectivity index (χ0n) is 11.6. The molecule has 0 aromatic heterocycles. The number of hydrogen-bond acceptors (Lipinski definition) is 3. The van der Waals surface area contributed by atoms with Gasteiger partial charge in [0.05, 0.1) is 7.11 Å². The van der Waals surface area contributed by atoms with Crippen LogP contribution in [-0.4, -0.2) is 18.7 Å². The lowest BCUT2D eigenvalue weighted by molar-refractivity contribution is 0.0917. The van der Waals surface area contributed by atoms with Crippen molar-refractivity contribution in [2.45, 2.75) is 12.8 Å². The second kappa shape index (κ2) is 7.04. The first kappa shape index (κ1) is 15.3. The van der Waals surface area contributed by atoms with Crippen molar-refractivity contribution in [3.05, 3.63) is 64.7 Å². The van der Waals surface area contributed by atoms with Gasteiger partial charge in [-0.3, -0.25) is 9.59 Å². The first-order valence-corrected chi connectivity index (χ1v) is 6.94. The average Bonchev–Trinajstić information content (AvgIpc) is 2.53. The summed E-state index contributed by atoms with van der Waals surface area (Å²) < 4.78 is 5.04. The third-order valence-electron chi connectivity index (χ3n) is 3.16. The smallest absolute Gasteiger partial charge is 0.163 e. The molecule has 0 saturated heterocycles. The quantitative estimate of drug-likeness (QED) is 0.751. The number of carbonyl (C=O) groups excluding carboxylic acids is 2. The van der Waals surface area contributed by atoms with Crippen LogP contribution in [0.1, 0.15) is 33.6 Å². The van der Waals surface area contributed by atoms with Crippen LogP contribution in [0.5, 0.6) is 5.75 Å². The standard InChI is InChI=1S/C17H15ClO3/c1-21-15-8-4-13(5-9-15)17(20)11-10-16(19)12-2-6-14(18)7-3-12/h2-9H,10-11H2,1H3. The number of ketones is 2. The van der Waals surface area contributed by atoms with Crippen molar-refractivity contribution >= 4 is 23.2 Å². The van der Waals surface area contributed by atoms with E-state index >= 15 is 0 Å². The normalized spacial score (nSPS) is 10.2. The van der Waals surface area contributed by atoms with E-state index in [0.29, 0.717) is 21.9 Å². The number of halogens is 1. The fourth-order valence-corrected chi connectivity index (χ4v) is 2.05. The summed E-state index contributed by atoms with van der Waals surface area (Å²) in [5.74, 6) is 0.581. The van der Waals surface area contributed by atoms with Gasteiger partial charge in [0, 0.05) is 29.0 Å². The van der Waals surface area contributed by atoms with Crippen LogP contribution in [0.25, 0.3) is 0 Å². The molecule has 21 heavy (non-hydrogen) atoms. The molecular formula is C17H15ClO3. The predicted octanol–water partition coefficient (Wildman–Crippen LogP) is 4.19. The Morgan fingerprint density at radius 1 is 0.857 bits per heavy atom. The topological polar surface area (TPSA) is 43.4 Å². The van der Waals surface area contributed by atoms with Crippen molar-refractivity contribution in [2.75, 3.05) is 7.11 Å². The Kier molecular flexibility index (Phi) is 5.12. The van der Waals surface area contributed by atoms with Crippen LogP contribution in [0, 0.1) is 0 Å². The van der Waals surface area contributed by atoms with Gasteiger partial charge in [-0.1, -0.05) is 11.6 Å². The van der Waals surface area contributed by atoms with E-state index in [0.717, 1.165) is 0 Å². The molecule has 0 N–H and O–H groups in total. The van der Waals surface area contributed by atoms with Gasteiger partial charge >= 0.3 is 0 Å². The molecule has 2 rings (SSSR count). The van der Waals surface area contributed by atoms with Crippen molar-refractivity contribution in [1.29, 1.82) is 0 Å². The van der Waals surface area contributed by atoms with Gasteiger partial charge in [0.1, 0.15) is 5.75 Å². The molecule has 0 heterocycles. The number of Topliss-reactive ketones (excluding diaryl/α,β-unsaturated/α-hetero) is 2. The Morgan fingerprint density at radius 3 is 1.71 bits per heavy atom. The highest BCUT2D eigenvalue weighted by Gasteiger charge is 2.11. The molecule has 0 unspecified atom stereocenters. The maximum Gasteiger partial charge on any atom is 0.163 e. The van der Waals surface area contributed by atoms with Gasteiger partial charge in [0.2, 0.25) is 0 Å². The fraction of sp³-hybridized carbons (Fsp3) is 0.176. The van der Waals surface area contributed by atoms with Crippen LogP contribution in [0.2, 0.25) is 5.02 Å². The summed E-state index contributed by atoms with van der Waals surface area (Å²) in [7, 11) is 1.57. The van der Waals surface area contributed by atoms with Crippen molar-refractivity contribution in [3.8, 4) is 5.75 Å². The van der Waals surface area contributed by atoms with Gasteiger partial charge in [-0.2, -0.15) is 0 Å². The molecule has 0 aliphatic carbocycles. The summed E-state index contributed by atoms with van der Waals surface area (Å²) in [6.45, 7) is 0. The molecule has 0 saturated carbocycles.